The van der Waals surface area contributed by atoms with Gasteiger partial charge in [-0.15, -0.1) is 5.10 Å². The highest BCUT2D eigenvalue weighted by atomic mass is 19.1. The summed E-state index contributed by atoms with van der Waals surface area (Å²) in [6.07, 6.45) is 3.39. The number of hydrogen-bond acceptors (Lipinski definition) is 7. The molecule has 3 heterocycles. The van der Waals surface area contributed by atoms with Crippen molar-refractivity contribution in [1.29, 1.82) is 0 Å². The maximum Gasteiger partial charge on any atom is 0.409 e. The minimum absolute atomic E-state index is 0.0363. The third-order valence-corrected chi connectivity index (χ3v) is 8.02. The fraction of sp³-hybridized carbons (Fsp3) is 0.483. The van der Waals surface area contributed by atoms with E-state index in [-0.39, 0.29) is 29.9 Å². The van der Waals surface area contributed by atoms with Crippen LogP contribution in [0, 0.1) is 17.7 Å². The zero-order valence-corrected chi connectivity index (χ0v) is 23.5. The monoisotopic (exact) mass is 564 g/mol. The molecule has 3 aromatic rings. The van der Waals surface area contributed by atoms with Gasteiger partial charge in [-0.2, -0.15) is 0 Å². The first-order valence-electron chi connectivity index (χ1n) is 14.1. The number of rotatable bonds is 7. The molecular weight excluding hydrogens is 527 g/mol. The Morgan fingerprint density at radius 2 is 1.93 bits per heavy atom. The molecule has 0 spiro atoms. The number of amides is 3. The molecule has 0 radical (unpaired) electrons. The number of likely N-dealkylation sites (tertiary alicyclic amines) is 2. The first-order valence-corrected chi connectivity index (χ1v) is 14.1. The van der Waals surface area contributed by atoms with E-state index >= 15 is 0 Å². The van der Waals surface area contributed by atoms with Crippen molar-refractivity contribution in [3.63, 3.8) is 0 Å². The smallest absolute Gasteiger partial charge is 0.409 e. The van der Waals surface area contributed by atoms with E-state index in [1.165, 1.54) is 19.2 Å². The van der Waals surface area contributed by atoms with Crippen LogP contribution in [0.25, 0.3) is 11.4 Å². The van der Waals surface area contributed by atoms with E-state index in [9.17, 15) is 14.0 Å². The molecule has 2 N–H and O–H groups in total. The highest BCUT2D eigenvalue weighted by Crippen LogP contribution is 2.26. The number of tetrazole rings is 1. The van der Waals surface area contributed by atoms with Gasteiger partial charge in [-0.25, -0.2) is 18.7 Å². The lowest BCUT2D eigenvalue weighted by Gasteiger charge is -2.42. The highest BCUT2D eigenvalue weighted by Gasteiger charge is 2.35. The number of benzene rings is 2. The number of aryl methyl sites for hydroxylation is 1. The SMILES string of the molecule is COC(=O)N1CC[C@@H](NC(=O)Nc2cccc(-c3nnnn3C)c2)[C@H](CN2CCC[C@@H](Cc3ccc(F)cc3)C2)C1. The molecule has 1 aromatic heterocycles. The van der Waals surface area contributed by atoms with Crippen LogP contribution in [0.3, 0.4) is 0 Å². The minimum atomic E-state index is -0.346. The molecular formula is C29H37FN8O3. The first-order chi connectivity index (χ1) is 19.9. The van der Waals surface area contributed by atoms with E-state index in [2.05, 4.69) is 31.1 Å². The molecule has 11 nitrogen and oxygen atoms in total. The quantitative estimate of drug-likeness (QED) is 0.451. The van der Waals surface area contributed by atoms with Crippen molar-refractivity contribution in [2.45, 2.75) is 31.7 Å². The van der Waals surface area contributed by atoms with Crippen molar-refractivity contribution in [3.8, 4) is 11.4 Å². The van der Waals surface area contributed by atoms with Crippen molar-refractivity contribution in [2.24, 2.45) is 18.9 Å². The summed E-state index contributed by atoms with van der Waals surface area (Å²) in [5.74, 6) is 0.892. The Kier molecular flexibility index (Phi) is 9.07. The van der Waals surface area contributed by atoms with E-state index in [1.54, 1.807) is 16.6 Å². The zero-order chi connectivity index (χ0) is 28.8. The van der Waals surface area contributed by atoms with Gasteiger partial charge >= 0.3 is 12.1 Å². The zero-order valence-electron chi connectivity index (χ0n) is 23.5. The lowest BCUT2D eigenvalue weighted by Crippen LogP contribution is -2.56. The van der Waals surface area contributed by atoms with Crippen LogP contribution in [-0.2, 0) is 18.2 Å². The molecule has 0 saturated carbocycles. The van der Waals surface area contributed by atoms with Crippen molar-refractivity contribution < 1.29 is 18.7 Å². The number of nitrogens with one attached hydrogen (secondary N) is 2. The van der Waals surface area contributed by atoms with Crippen molar-refractivity contribution in [1.82, 2.24) is 35.3 Å². The maximum atomic E-state index is 13.4. The van der Waals surface area contributed by atoms with Crippen LogP contribution in [-0.4, -0.2) is 88.0 Å². The van der Waals surface area contributed by atoms with Crippen LogP contribution in [0.1, 0.15) is 24.8 Å². The Morgan fingerprint density at radius 1 is 1.10 bits per heavy atom. The molecule has 3 atom stereocenters. The van der Waals surface area contributed by atoms with Crippen LogP contribution in [0.4, 0.5) is 19.7 Å². The highest BCUT2D eigenvalue weighted by molar-refractivity contribution is 5.90. The van der Waals surface area contributed by atoms with Crippen LogP contribution in [0.5, 0.6) is 0 Å². The predicted octanol–water partition coefficient (Wildman–Crippen LogP) is 3.55. The molecule has 2 aliphatic rings. The Bertz CT molecular complexity index is 1330. The van der Waals surface area contributed by atoms with Crippen LogP contribution in [0.2, 0.25) is 0 Å². The number of hydrogen-bond donors (Lipinski definition) is 2. The number of aromatic nitrogens is 4. The van der Waals surface area contributed by atoms with E-state index in [1.807, 2.05) is 36.4 Å². The van der Waals surface area contributed by atoms with Crippen molar-refractivity contribution in [2.75, 3.05) is 45.2 Å². The number of piperidine rings is 2. The fourth-order valence-electron chi connectivity index (χ4n) is 6.02. The van der Waals surface area contributed by atoms with Gasteiger partial charge < -0.3 is 25.2 Å². The number of anilines is 1. The summed E-state index contributed by atoms with van der Waals surface area (Å²) in [5, 5.41) is 17.7. The molecule has 2 aliphatic heterocycles. The number of nitrogens with zero attached hydrogens (tertiary/aromatic N) is 6. The topological polar surface area (TPSA) is 118 Å². The van der Waals surface area contributed by atoms with Gasteiger partial charge in [-0.3, -0.25) is 0 Å². The minimum Gasteiger partial charge on any atom is -0.453 e. The second-order valence-corrected chi connectivity index (χ2v) is 11.0. The van der Waals surface area contributed by atoms with Gasteiger partial charge in [0.25, 0.3) is 0 Å². The first kappa shape index (κ1) is 28.5. The van der Waals surface area contributed by atoms with Gasteiger partial charge in [0, 0.05) is 56.4 Å². The van der Waals surface area contributed by atoms with Gasteiger partial charge in [0.1, 0.15) is 5.82 Å². The summed E-state index contributed by atoms with van der Waals surface area (Å²) < 4.78 is 19.9. The van der Waals surface area contributed by atoms with Crippen LogP contribution in [0.15, 0.2) is 48.5 Å². The molecule has 0 bridgehead atoms. The van der Waals surface area contributed by atoms with Gasteiger partial charge in [0.05, 0.1) is 7.11 Å². The summed E-state index contributed by atoms with van der Waals surface area (Å²) in [6.45, 7) is 3.67. The number of carbonyl (C=O) groups is 2. The molecule has 2 saturated heterocycles. The predicted molar refractivity (Wildman–Crippen MR) is 152 cm³/mol. The molecule has 41 heavy (non-hydrogen) atoms. The number of ether oxygens (including phenoxy) is 1. The molecule has 12 heteroatoms. The van der Waals surface area contributed by atoms with Crippen LogP contribution < -0.4 is 10.6 Å². The number of urea groups is 1. The summed E-state index contributed by atoms with van der Waals surface area (Å²) >= 11 is 0. The average molecular weight is 565 g/mol. The summed E-state index contributed by atoms with van der Waals surface area (Å²) in [4.78, 5) is 29.6. The van der Waals surface area contributed by atoms with Crippen LogP contribution >= 0.6 is 0 Å². The third-order valence-electron chi connectivity index (χ3n) is 8.02. The van der Waals surface area contributed by atoms with Crippen molar-refractivity contribution >= 4 is 17.8 Å². The van der Waals surface area contributed by atoms with Crippen molar-refractivity contribution in [3.05, 3.63) is 59.9 Å². The standard InChI is InChI=1S/C29H37FN8O3/c1-36-27(33-34-35-36)22-6-3-7-25(16-22)31-28(39)32-26-12-14-38(29(40)41-2)19-23(26)18-37-13-4-5-21(17-37)15-20-8-10-24(30)11-9-20/h3,6-11,16,21,23,26H,4-5,12-15,17-19H2,1-2H3,(H2,31,32,39)/t21-,23+,26+/m0/s1. The van der Waals surface area contributed by atoms with E-state index in [4.69, 9.17) is 4.74 Å². The second kappa shape index (κ2) is 13.1. The number of carbonyl (C=O) groups excluding carboxylic acids is 2. The average Bonchev–Trinajstić information content (AvgIpc) is 3.41. The normalized spacial score (nSPS) is 21.3. The maximum absolute atomic E-state index is 13.4. The largest absolute Gasteiger partial charge is 0.453 e. The Hall–Kier alpha value is -4.06. The summed E-state index contributed by atoms with van der Waals surface area (Å²) in [6, 6.07) is 13.7. The Balaban J connectivity index is 1.22. The molecule has 218 valence electrons. The number of halogens is 1. The molecule has 2 fully saturated rings. The van der Waals surface area contributed by atoms with Gasteiger partial charge in [-0.05, 0) is 78.4 Å². The Morgan fingerprint density at radius 3 is 2.68 bits per heavy atom. The Labute approximate surface area is 239 Å². The summed E-state index contributed by atoms with van der Waals surface area (Å²) in [7, 11) is 3.15. The second-order valence-electron chi connectivity index (χ2n) is 11.0. The molecule has 0 aliphatic carbocycles. The van der Waals surface area contributed by atoms with E-state index < -0.39 is 0 Å². The van der Waals surface area contributed by atoms with Gasteiger partial charge in [0.15, 0.2) is 5.82 Å². The fourth-order valence-corrected chi connectivity index (χ4v) is 6.02. The molecule has 3 amide bonds. The van der Waals surface area contributed by atoms with E-state index in [0.717, 1.165) is 50.0 Å². The molecule has 0 unspecified atom stereocenters. The summed E-state index contributed by atoms with van der Waals surface area (Å²) in [5.41, 5.74) is 2.56. The molecule has 5 rings (SSSR count). The van der Waals surface area contributed by atoms with Gasteiger partial charge in [0.2, 0.25) is 0 Å². The number of methoxy groups -OCH3 is 1. The lowest BCUT2D eigenvalue weighted by molar-refractivity contribution is 0.0702. The molecule has 2 aromatic carbocycles. The van der Waals surface area contributed by atoms with E-state index in [0.29, 0.717) is 36.9 Å². The lowest BCUT2D eigenvalue weighted by atomic mass is 9.88. The van der Waals surface area contributed by atoms with Gasteiger partial charge in [-0.1, -0.05) is 24.3 Å². The third kappa shape index (κ3) is 7.37.